The quantitative estimate of drug-likeness (QED) is 0.619. The van der Waals surface area contributed by atoms with Gasteiger partial charge in [0, 0.05) is 12.6 Å². The second-order valence-corrected chi connectivity index (χ2v) is 4.64. The van der Waals surface area contributed by atoms with Crippen LogP contribution in [0, 0.1) is 0 Å². The van der Waals surface area contributed by atoms with Gasteiger partial charge in [-0.05, 0) is 26.2 Å². The SMILES string of the molecule is CCC1CC(NC(C)(CO)CO)CCO1. The average Bonchev–Trinajstić information content (AvgIpc) is 2.29. The van der Waals surface area contributed by atoms with Crippen LogP contribution in [0.3, 0.4) is 0 Å². The third-order valence-corrected chi connectivity index (χ3v) is 3.07. The molecule has 1 heterocycles. The topological polar surface area (TPSA) is 61.7 Å². The van der Waals surface area contributed by atoms with Crippen molar-refractivity contribution in [1.29, 1.82) is 0 Å². The Bertz CT molecular complexity index is 183. The molecule has 1 aliphatic rings. The van der Waals surface area contributed by atoms with Gasteiger partial charge in [0.1, 0.15) is 0 Å². The summed E-state index contributed by atoms with van der Waals surface area (Å²) in [7, 11) is 0. The maximum atomic E-state index is 9.19. The van der Waals surface area contributed by atoms with E-state index in [2.05, 4.69) is 12.2 Å². The Morgan fingerprint density at radius 1 is 1.40 bits per heavy atom. The van der Waals surface area contributed by atoms with E-state index < -0.39 is 5.54 Å². The minimum Gasteiger partial charge on any atom is -0.394 e. The zero-order chi connectivity index (χ0) is 11.3. The first kappa shape index (κ1) is 12.9. The predicted octanol–water partition coefficient (Wildman–Crippen LogP) is 0.277. The van der Waals surface area contributed by atoms with Crippen molar-refractivity contribution in [2.24, 2.45) is 0 Å². The summed E-state index contributed by atoms with van der Waals surface area (Å²) in [6.07, 6.45) is 3.25. The molecule has 3 N–H and O–H groups in total. The summed E-state index contributed by atoms with van der Waals surface area (Å²) in [5.41, 5.74) is -0.569. The molecule has 0 spiro atoms. The van der Waals surface area contributed by atoms with Gasteiger partial charge in [-0.25, -0.2) is 0 Å². The molecular weight excluding hydrogens is 194 g/mol. The van der Waals surface area contributed by atoms with Crippen LogP contribution in [-0.2, 0) is 4.74 Å². The van der Waals surface area contributed by atoms with E-state index in [0.717, 1.165) is 25.9 Å². The van der Waals surface area contributed by atoms with Crippen LogP contribution in [-0.4, -0.2) is 47.7 Å². The highest BCUT2D eigenvalue weighted by Gasteiger charge is 2.29. The fraction of sp³-hybridized carbons (Fsp3) is 1.00. The molecule has 0 aromatic carbocycles. The van der Waals surface area contributed by atoms with E-state index >= 15 is 0 Å². The van der Waals surface area contributed by atoms with E-state index in [1.54, 1.807) is 0 Å². The fourth-order valence-electron chi connectivity index (χ4n) is 1.93. The van der Waals surface area contributed by atoms with Crippen LogP contribution < -0.4 is 5.32 Å². The Hall–Kier alpha value is -0.160. The molecular formula is C11H23NO3. The van der Waals surface area contributed by atoms with Crippen molar-refractivity contribution in [1.82, 2.24) is 5.32 Å². The molecule has 15 heavy (non-hydrogen) atoms. The summed E-state index contributed by atoms with van der Waals surface area (Å²) in [5, 5.41) is 21.7. The minimum absolute atomic E-state index is 0.0440. The van der Waals surface area contributed by atoms with Gasteiger partial charge >= 0.3 is 0 Å². The predicted molar refractivity (Wildman–Crippen MR) is 58.8 cm³/mol. The first-order valence-electron chi connectivity index (χ1n) is 5.74. The maximum absolute atomic E-state index is 9.19. The van der Waals surface area contributed by atoms with E-state index in [9.17, 15) is 10.2 Å². The van der Waals surface area contributed by atoms with Gasteiger partial charge in [-0.2, -0.15) is 0 Å². The van der Waals surface area contributed by atoms with E-state index in [4.69, 9.17) is 4.74 Å². The van der Waals surface area contributed by atoms with Crippen LogP contribution in [0.4, 0.5) is 0 Å². The van der Waals surface area contributed by atoms with Gasteiger partial charge in [-0.3, -0.25) is 0 Å². The lowest BCUT2D eigenvalue weighted by Gasteiger charge is -2.36. The zero-order valence-electron chi connectivity index (χ0n) is 9.70. The largest absolute Gasteiger partial charge is 0.394 e. The molecule has 0 radical (unpaired) electrons. The lowest BCUT2D eigenvalue weighted by atomic mass is 9.96. The lowest BCUT2D eigenvalue weighted by molar-refractivity contribution is -0.0127. The van der Waals surface area contributed by atoms with Gasteiger partial charge in [-0.15, -0.1) is 0 Å². The second kappa shape index (κ2) is 5.80. The van der Waals surface area contributed by atoms with E-state index in [-0.39, 0.29) is 13.2 Å². The van der Waals surface area contributed by atoms with E-state index in [1.807, 2.05) is 6.92 Å². The molecule has 1 saturated heterocycles. The molecule has 0 bridgehead atoms. The second-order valence-electron chi connectivity index (χ2n) is 4.64. The molecule has 1 aliphatic heterocycles. The van der Waals surface area contributed by atoms with Crippen molar-refractivity contribution in [3.05, 3.63) is 0 Å². The Labute approximate surface area is 91.6 Å². The summed E-state index contributed by atoms with van der Waals surface area (Å²) >= 11 is 0. The molecule has 0 saturated carbocycles. The molecule has 2 atom stereocenters. The summed E-state index contributed by atoms with van der Waals surface area (Å²) in [4.78, 5) is 0. The van der Waals surface area contributed by atoms with Gasteiger partial charge < -0.3 is 20.3 Å². The third-order valence-electron chi connectivity index (χ3n) is 3.07. The lowest BCUT2D eigenvalue weighted by Crippen LogP contribution is -2.55. The van der Waals surface area contributed by atoms with Crippen molar-refractivity contribution in [3.63, 3.8) is 0 Å². The number of hydrogen-bond donors (Lipinski definition) is 3. The van der Waals surface area contributed by atoms with Crippen LogP contribution in [0.25, 0.3) is 0 Å². The summed E-state index contributed by atoms with van der Waals surface area (Å²) < 4.78 is 5.57. The van der Waals surface area contributed by atoms with Crippen molar-refractivity contribution >= 4 is 0 Å². The molecule has 4 heteroatoms. The van der Waals surface area contributed by atoms with E-state index in [0.29, 0.717) is 12.1 Å². The minimum atomic E-state index is -0.569. The normalized spacial score (nSPS) is 28.0. The Morgan fingerprint density at radius 3 is 2.60 bits per heavy atom. The first-order chi connectivity index (χ1) is 7.13. The summed E-state index contributed by atoms with van der Waals surface area (Å²) in [6, 6.07) is 0.341. The maximum Gasteiger partial charge on any atom is 0.0633 e. The molecule has 1 rings (SSSR count). The van der Waals surface area contributed by atoms with E-state index in [1.165, 1.54) is 0 Å². The first-order valence-corrected chi connectivity index (χ1v) is 5.74. The molecule has 4 nitrogen and oxygen atoms in total. The highest BCUT2D eigenvalue weighted by atomic mass is 16.5. The zero-order valence-corrected chi connectivity index (χ0v) is 9.70. The number of ether oxygens (including phenoxy) is 1. The van der Waals surface area contributed by atoms with Crippen molar-refractivity contribution in [2.45, 2.75) is 50.8 Å². The molecule has 0 amide bonds. The van der Waals surface area contributed by atoms with Crippen molar-refractivity contribution in [2.75, 3.05) is 19.8 Å². The Balaban J connectivity index is 2.43. The average molecular weight is 217 g/mol. The summed E-state index contributed by atoms with van der Waals surface area (Å²) in [5.74, 6) is 0. The molecule has 0 aliphatic carbocycles. The third kappa shape index (κ3) is 3.72. The highest BCUT2D eigenvalue weighted by molar-refractivity contribution is 4.87. The van der Waals surface area contributed by atoms with Crippen molar-refractivity contribution in [3.8, 4) is 0 Å². The van der Waals surface area contributed by atoms with Crippen molar-refractivity contribution < 1.29 is 14.9 Å². The van der Waals surface area contributed by atoms with Crippen LogP contribution in [0.2, 0.25) is 0 Å². The number of nitrogens with one attached hydrogen (secondary N) is 1. The molecule has 0 aromatic rings. The summed E-state index contributed by atoms with van der Waals surface area (Å²) in [6.45, 7) is 4.63. The van der Waals surface area contributed by atoms with Gasteiger partial charge in [0.25, 0.3) is 0 Å². The molecule has 2 unspecified atom stereocenters. The number of aliphatic hydroxyl groups is 2. The smallest absolute Gasteiger partial charge is 0.0633 e. The van der Waals surface area contributed by atoms with Crippen LogP contribution in [0.5, 0.6) is 0 Å². The fourth-order valence-corrected chi connectivity index (χ4v) is 1.93. The molecule has 0 aromatic heterocycles. The number of rotatable bonds is 5. The molecule has 1 fully saturated rings. The van der Waals surface area contributed by atoms with Crippen LogP contribution in [0.1, 0.15) is 33.1 Å². The van der Waals surface area contributed by atoms with Crippen LogP contribution in [0.15, 0.2) is 0 Å². The monoisotopic (exact) mass is 217 g/mol. The van der Waals surface area contributed by atoms with Crippen LogP contribution >= 0.6 is 0 Å². The van der Waals surface area contributed by atoms with Gasteiger partial charge in [0.15, 0.2) is 0 Å². The van der Waals surface area contributed by atoms with Gasteiger partial charge in [0.05, 0.1) is 24.9 Å². The number of hydrogen-bond acceptors (Lipinski definition) is 4. The van der Waals surface area contributed by atoms with Gasteiger partial charge in [-0.1, -0.05) is 6.92 Å². The highest BCUT2D eigenvalue weighted by Crippen LogP contribution is 2.18. The number of aliphatic hydroxyl groups excluding tert-OH is 2. The van der Waals surface area contributed by atoms with Gasteiger partial charge in [0.2, 0.25) is 0 Å². The molecule has 90 valence electrons. The Morgan fingerprint density at radius 2 is 2.07 bits per heavy atom. The Kier molecular flexibility index (Phi) is 4.99. The standard InChI is InChI=1S/C11H23NO3/c1-3-10-6-9(4-5-15-10)12-11(2,7-13)8-14/h9-10,12-14H,3-8H2,1-2H3.